The molecule has 1 aromatic heterocycles. The van der Waals surface area contributed by atoms with Gasteiger partial charge in [-0.2, -0.15) is 0 Å². The number of likely N-dealkylation sites (tertiary alicyclic amines) is 1. The topological polar surface area (TPSA) is 62.5 Å². The van der Waals surface area contributed by atoms with Crippen molar-refractivity contribution < 1.29 is 4.79 Å². The summed E-state index contributed by atoms with van der Waals surface area (Å²) in [5, 5.41) is 0. The van der Waals surface area contributed by atoms with Crippen LogP contribution in [-0.4, -0.2) is 49.0 Å². The summed E-state index contributed by atoms with van der Waals surface area (Å²) in [4.78, 5) is 21.1. The number of carbonyl (C=O) groups excluding carboxylic acids is 1. The van der Waals surface area contributed by atoms with E-state index in [0.717, 1.165) is 30.4 Å². The predicted octanol–water partition coefficient (Wildman–Crippen LogP) is 2.56. The van der Waals surface area contributed by atoms with E-state index in [9.17, 15) is 4.79 Å². The van der Waals surface area contributed by atoms with Gasteiger partial charge in [0.05, 0.1) is 5.56 Å². The van der Waals surface area contributed by atoms with Gasteiger partial charge in [0.1, 0.15) is 5.82 Å². The number of hydrogen-bond donors (Lipinski definition) is 1. The minimum atomic E-state index is 0. The van der Waals surface area contributed by atoms with Crippen LogP contribution in [0, 0.1) is 11.8 Å². The molecule has 130 valence electrons. The number of halogens is 3. The Labute approximate surface area is 157 Å². The van der Waals surface area contributed by atoms with Crippen LogP contribution in [0.3, 0.4) is 0 Å². The Kier molecular flexibility index (Phi) is 7.13. The Balaban J connectivity index is 0.00000132. The highest BCUT2D eigenvalue weighted by atomic mass is 79.9. The number of amides is 1. The standard InChI is InChI=1S/C15H21BrN4O.2ClH/c1-19(2)14-11(5-10(16)6-18-14)15(21)20-7-9-3-4-13(17)12(9)8-20;;/h5-6,9,12-13H,3-4,7-8,17H2,1-2H3;2*1H. The highest BCUT2D eigenvalue weighted by Crippen LogP contribution is 2.38. The molecule has 5 nitrogen and oxygen atoms in total. The third-order valence-electron chi connectivity index (χ3n) is 4.69. The highest BCUT2D eigenvalue weighted by Gasteiger charge is 2.43. The Bertz CT molecular complexity index is 572. The van der Waals surface area contributed by atoms with Crippen molar-refractivity contribution in [3.63, 3.8) is 0 Å². The summed E-state index contributed by atoms with van der Waals surface area (Å²) < 4.78 is 0.826. The second-order valence-corrected chi connectivity index (χ2v) is 7.21. The van der Waals surface area contributed by atoms with E-state index < -0.39 is 0 Å². The van der Waals surface area contributed by atoms with Gasteiger partial charge in [-0.1, -0.05) is 0 Å². The van der Waals surface area contributed by atoms with E-state index in [1.54, 1.807) is 6.20 Å². The first kappa shape index (κ1) is 20.5. The summed E-state index contributed by atoms with van der Waals surface area (Å²) in [6.07, 6.45) is 3.96. The molecule has 3 atom stereocenters. The van der Waals surface area contributed by atoms with Gasteiger partial charge in [0.25, 0.3) is 5.91 Å². The van der Waals surface area contributed by atoms with Gasteiger partial charge in [-0.25, -0.2) is 4.98 Å². The molecule has 3 unspecified atom stereocenters. The third-order valence-corrected chi connectivity index (χ3v) is 5.12. The molecule has 0 spiro atoms. The fourth-order valence-electron chi connectivity index (χ4n) is 3.59. The number of anilines is 1. The summed E-state index contributed by atoms with van der Waals surface area (Å²) in [5.74, 6) is 1.82. The first-order chi connectivity index (χ1) is 9.97. The SMILES string of the molecule is CN(C)c1ncc(Br)cc1C(=O)N1CC2CCC(N)C2C1.Cl.Cl. The quantitative estimate of drug-likeness (QED) is 0.790. The molecule has 3 rings (SSSR count). The van der Waals surface area contributed by atoms with Crippen LogP contribution >= 0.6 is 40.7 Å². The van der Waals surface area contributed by atoms with Gasteiger partial charge in [-0.3, -0.25) is 4.79 Å². The summed E-state index contributed by atoms with van der Waals surface area (Å²) in [6, 6.07) is 2.11. The van der Waals surface area contributed by atoms with Crippen LogP contribution in [-0.2, 0) is 0 Å². The van der Waals surface area contributed by atoms with Crippen LogP contribution < -0.4 is 10.6 Å². The number of nitrogens with zero attached hydrogens (tertiary/aromatic N) is 3. The Morgan fingerprint density at radius 3 is 2.65 bits per heavy atom. The van der Waals surface area contributed by atoms with E-state index in [0.29, 0.717) is 23.2 Å². The monoisotopic (exact) mass is 424 g/mol. The number of hydrogen-bond acceptors (Lipinski definition) is 4. The average molecular weight is 426 g/mol. The molecule has 0 aromatic carbocycles. The Morgan fingerprint density at radius 2 is 2.04 bits per heavy atom. The molecule has 0 bridgehead atoms. The van der Waals surface area contributed by atoms with Gasteiger partial charge >= 0.3 is 0 Å². The van der Waals surface area contributed by atoms with E-state index in [2.05, 4.69) is 20.9 Å². The maximum atomic E-state index is 12.9. The van der Waals surface area contributed by atoms with E-state index in [-0.39, 0.29) is 36.8 Å². The van der Waals surface area contributed by atoms with Crippen molar-refractivity contribution in [2.24, 2.45) is 17.6 Å². The van der Waals surface area contributed by atoms with Crippen molar-refractivity contribution in [2.45, 2.75) is 18.9 Å². The van der Waals surface area contributed by atoms with Crippen molar-refractivity contribution in [3.05, 3.63) is 22.3 Å². The highest BCUT2D eigenvalue weighted by molar-refractivity contribution is 9.10. The van der Waals surface area contributed by atoms with Crippen LogP contribution in [0.5, 0.6) is 0 Å². The lowest BCUT2D eigenvalue weighted by molar-refractivity contribution is 0.0780. The molecule has 8 heteroatoms. The number of carbonyl (C=O) groups is 1. The average Bonchev–Trinajstić information content (AvgIpc) is 3.00. The zero-order valence-corrected chi connectivity index (χ0v) is 16.5. The van der Waals surface area contributed by atoms with Gasteiger partial charge in [0.15, 0.2) is 0 Å². The molecular formula is C15H23BrCl2N4O. The van der Waals surface area contributed by atoms with Crippen LogP contribution in [0.15, 0.2) is 16.7 Å². The molecule has 2 aliphatic rings. The van der Waals surface area contributed by atoms with E-state index in [1.165, 1.54) is 0 Å². The minimum absolute atomic E-state index is 0. The number of nitrogens with two attached hydrogens (primary N) is 1. The molecule has 1 saturated heterocycles. The first-order valence-electron chi connectivity index (χ1n) is 7.35. The first-order valence-corrected chi connectivity index (χ1v) is 8.14. The van der Waals surface area contributed by atoms with Gasteiger partial charge in [-0.05, 0) is 46.7 Å². The Morgan fingerprint density at radius 1 is 1.35 bits per heavy atom. The predicted molar refractivity (Wildman–Crippen MR) is 101 cm³/mol. The molecule has 0 radical (unpaired) electrons. The zero-order chi connectivity index (χ0) is 15.1. The van der Waals surface area contributed by atoms with Crippen molar-refractivity contribution >= 4 is 52.5 Å². The minimum Gasteiger partial charge on any atom is -0.362 e. The largest absolute Gasteiger partial charge is 0.362 e. The second-order valence-electron chi connectivity index (χ2n) is 6.29. The second kappa shape index (κ2) is 8.01. The maximum absolute atomic E-state index is 12.9. The molecule has 2 fully saturated rings. The molecule has 1 aliphatic heterocycles. The smallest absolute Gasteiger partial charge is 0.257 e. The number of fused-ring (bicyclic) bond motifs is 1. The molecule has 2 N–H and O–H groups in total. The van der Waals surface area contributed by atoms with Gasteiger partial charge < -0.3 is 15.5 Å². The number of pyridine rings is 1. The summed E-state index contributed by atoms with van der Waals surface area (Å²) >= 11 is 3.41. The number of rotatable bonds is 2. The van der Waals surface area contributed by atoms with Crippen molar-refractivity contribution in [2.75, 3.05) is 32.1 Å². The lowest BCUT2D eigenvalue weighted by Gasteiger charge is -2.22. The van der Waals surface area contributed by atoms with Crippen LogP contribution in [0.25, 0.3) is 0 Å². The fourth-order valence-corrected chi connectivity index (χ4v) is 3.92. The van der Waals surface area contributed by atoms with Gasteiger partial charge in [0, 0.05) is 43.9 Å². The van der Waals surface area contributed by atoms with Crippen molar-refractivity contribution in [1.82, 2.24) is 9.88 Å². The lowest BCUT2D eigenvalue weighted by Crippen LogP contribution is -2.34. The van der Waals surface area contributed by atoms with Crippen LogP contribution in [0.1, 0.15) is 23.2 Å². The molecule has 1 amide bonds. The lowest BCUT2D eigenvalue weighted by atomic mass is 9.98. The molecule has 1 aliphatic carbocycles. The third kappa shape index (κ3) is 3.92. The van der Waals surface area contributed by atoms with E-state index >= 15 is 0 Å². The van der Waals surface area contributed by atoms with Crippen molar-refractivity contribution in [3.8, 4) is 0 Å². The van der Waals surface area contributed by atoms with Gasteiger partial charge in [-0.15, -0.1) is 24.8 Å². The van der Waals surface area contributed by atoms with Gasteiger partial charge in [0.2, 0.25) is 0 Å². The summed E-state index contributed by atoms with van der Waals surface area (Å²) in [6.45, 7) is 1.61. The zero-order valence-electron chi connectivity index (χ0n) is 13.2. The molecule has 1 saturated carbocycles. The molecular weight excluding hydrogens is 403 g/mol. The van der Waals surface area contributed by atoms with E-state index in [1.807, 2.05) is 30.0 Å². The van der Waals surface area contributed by atoms with Crippen LogP contribution in [0.4, 0.5) is 5.82 Å². The Hall–Kier alpha value is -0.560. The molecule has 23 heavy (non-hydrogen) atoms. The summed E-state index contributed by atoms with van der Waals surface area (Å²) in [7, 11) is 3.81. The van der Waals surface area contributed by atoms with E-state index in [4.69, 9.17) is 5.73 Å². The molecule has 1 aromatic rings. The van der Waals surface area contributed by atoms with Crippen molar-refractivity contribution in [1.29, 1.82) is 0 Å². The molecule has 2 heterocycles. The maximum Gasteiger partial charge on any atom is 0.257 e. The fraction of sp³-hybridized carbons (Fsp3) is 0.600. The van der Waals surface area contributed by atoms with Crippen LogP contribution in [0.2, 0.25) is 0 Å². The number of aromatic nitrogens is 1. The normalized spacial score (nSPS) is 25.4. The summed E-state index contributed by atoms with van der Waals surface area (Å²) in [5.41, 5.74) is 6.81.